The summed E-state index contributed by atoms with van der Waals surface area (Å²) in [5, 5.41) is 13.4. The van der Waals surface area contributed by atoms with Crippen molar-refractivity contribution in [2.75, 3.05) is 25.0 Å². The van der Waals surface area contributed by atoms with Crippen molar-refractivity contribution in [3.05, 3.63) is 23.8 Å². The van der Waals surface area contributed by atoms with Crippen molar-refractivity contribution in [1.29, 1.82) is 0 Å². The van der Waals surface area contributed by atoms with Gasteiger partial charge in [-0.1, -0.05) is 12.1 Å². The third kappa shape index (κ3) is 1.24. The number of hydrogen-bond acceptors (Lipinski definition) is 3. The fraction of sp³-hybridized carbons (Fsp3) is 0.538. The number of nitrogens with zero attached hydrogens (tertiary/aromatic N) is 1. The molecule has 1 fully saturated rings. The molecule has 1 spiro atoms. The number of piperidine rings is 1. The molecule has 0 aliphatic carbocycles. The minimum atomic E-state index is 0.242. The van der Waals surface area contributed by atoms with Crippen LogP contribution in [0.3, 0.4) is 0 Å². The van der Waals surface area contributed by atoms with Gasteiger partial charge in [0.05, 0.1) is 5.69 Å². The molecule has 2 N–H and O–H groups in total. The molecule has 0 radical (unpaired) electrons. The predicted molar refractivity (Wildman–Crippen MR) is 65.0 cm³/mol. The second-order valence-corrected chi connectivity index (χ2v) is 5.00. The molecule has 0 bridgehead atoms. The fourth-order valence-corrected chi connectivity index (χ4v) is 3.22. The Bertz CT molecular complexity index is 410. The van der Waals surface area contributed by atoms with E-state index in [0.717, 1.165) is 38.0 Å². The Kier molecular flexibility index (Phi) is 2.11. The normalized spacial score (nSPS) is 22.4. The number of anilines is 1. The molecule has 3 rings (SSSR count). The van der Waals surface area contributed by atoms with E-state index in [9.17, 15) is 5.11 Å². The molecule has 3 nitrogen and oxygen atoms in total. The number of nitrogens with one attached hydrogen (secondary N) is 1. The summed E-state index contributed by atoms with van der Waals surface area (Å²) in [5.74, 6) is 0.426. The molecule has 1 aromatic carbocycles. The second kappa shape index (κ2) is 3.39. The molecular weight excluding hydrogens is 200 g/mol. The zero-order valence-electron chi connectivity index (χ0n) is 9.66. The van der Waals surface area contributed by atoms with Crippen LogP contribution >= 0.6 is 0 Å². The van der Waals surface area contributed by atoms with Crippen molar-refractivity contribution in [3.8, 4) is 5.75 Å². The molecule has 2 aliphatic heterocycles. The van der Waals surface area contributed by atoms with Gasteiger partial charge in [0.25, 0.3) is 0 Å². The first kappa shape index (κ1) is 9.97. The highest BCUT2D eigenvalue weighted by molar-refractivity contribution is 5.69. The largest absolute Gasteiger partial charge is 0.506 e. The van der Waals surface area contributed by atoms with Crippen molar-refractivity contribution in [2.24, 2.45) is 0 Å². The summed E-state index contributed by atoms with van der Waals surface area (Å²) in [6.07, 6.45) is 3.41. The van der Waals surface area contributed by atoms with Gasteiger partial charge in [0, 0.05) is 12.6 Å². The standard InChI is InChI=1S/C13H18N2O/c1-15-12-10(3-2-4-11(12)16)9-13(15)5-7-14-8-6-13/h2-4,14,16H,5-9H2,1H3. The van der Waals surface area contributed by atoms with E-state index in [2.05, 4.69) is 23.3 Å². The van der Waals surface area contributed by atoms with Gasteiger partial charge in [-0.25, -0.2) is 0 Å². The van der Waals surface area contributed by atoms with Crippen molar-refractivity contribution in [1.82, 2.24) is 5.32 Å². The summed E-state index contributed by atoms with van der Waals surface area (Å²) in [5.41, 5.74) is 2.58. The molecule has 0 aromatic heterocycles. The molecule has 16 heavy (non-hydrogen) atoms. The van der Waals surface area contributed by atoms with Gasteiger partial charge in [-0.2, -0.15) is 0 Å². The topological polar surface area (TPSA) is 35.5 Å². The van der Waals surface area contributed by atoms with Crippen LogP contribution in [0.2, 0.25) is 0 Å². The quantitative estimate of drug-likeness (QED) is 0.693. The molecule has 2 heterocycles. The Hall–Kier alpha value is -1.22. The first-order chi connectivity index (χ1) is 7.73. The van der Waals surface area contributed by atoms with Crippen LogP contribution in [0.25, 0.3) is 0 Å². The maximum Gasteiger partial charge on any atom is 0.139 e. The second-order valence-electron chi connectivity index (χ2n) is 5.00. The number of para-hydroxylation sites is 1. The number of likely N-dealkylation sites (N-methyl/N-ethyl adjacent to an activating group) is 1. The van der Waals surface area contributed by atoms with Crippen LogP contribution in [-0.2, 0) is 6.42 Å². The Morgan fingerprint density at radius 1 is 1.31 bits per heavy atom. The average Bonchev–Trinajstić information content (AvgIpc) is 2.55. The highest BCUT2D eigenvalue weighted by Crippen LogP contribution is 2.46. The zero-order valence-corrected chi connectivity index (χ0v) is 9.66. The van der Waals surface area contributed by atoms with E-state index in [0.29, 0.717) is 5.75 Å². The van der Waals surface area contributed by atoms with Crippen LogP contribution in [0.1, 0.15) is 18.4 Å². The number of phenols is 1. The van der Waals surface area contributed by atoms with Gasteiger partial charge in [-0.3, -0.25) is 0 Å². The minimum Gasteiger partial charge on any atom is -0.506 e. The summed E-state index contributed by atoms with van der Waals surface area (Å²) < 4.78 is 0. The highest BCUT2D eigenvalue weighted by atomic mass is 16.3. The Morgan fingerprint density at radius 3 is 2.75 bits per heavy atom. The van der Waals surface area contributed by atoms with Gasteiger partial charge >= 0.3 is 0 Å². The Labute approximate surface area is 96.1 Å². The summed E-state index contributed by atoms with van der Waals surface area (Å²) >= 11 is 0. The van der Waals surface area contributed by atoms with Gasteiger partial charge in [0.15, 0.2) is 0 Å². The smallest absolute Gasteiger partial charge is 0.139 e. The van der Waals surface area contributed by atoms with E-state index in [4.69, 9.17) is 0 Å². The summed E-state index contributed by atoms with van der Waals surface area (Å²) in [6.45, 7) is 2.16. The number of benzene rings is 1. The van der Waals surface area contributed by atoms with E-state index in [1.54, 1.807) is 6.07 Å². The lowest BCUT2D eigenvalue weighted by atomic mass is 9.85. The minimum absolute atomic E-state index is 0.242. The molecule has 0 atom stereocenters. The third-order valence-electron chi connectivity index (χ3n) is 4.20. The number of aromatic hydroxyl groups is 1. The molecule has 1 saturated heterocycles. The van der Waals surface area contributed by atoms with Crippen molar-refractivity contribution >= 4 is 5.69 Å². The monoisotopic (exact) mass is 218 g/mol. The predicted octanol–water partition coefficient (Wildman–Crippen LogP) is 1.51. The van der Waals surface area contributed by atoms with Crippen LogP contribution in [0.15, 0.2) is 18.2 Å². The van der Waals surface area contributed by atoms with Crippen LogP contribution in [0.4, 0.5) is 5.69 Å². The van der Waals surface area contributed by atoms with Crippen molar-refractivity contribution < 1.29 is 5.11 Å². The number of hydrogen-bond donors (Lipinski definition) is 2. The van der Waals surface area contributed by atoms with E-state index in [-0.39, 0.29) is 5.54 Å². The lowest BCUT2D eigenvalue weighted by molar-refractivity contribution is 0.309. The SMILES string of the molecule is CN1c2c(O)cccc2CC12CCNCC2. The fourth-order valence-electron chi connectivity index (χ4n) is 3.22. The van der Waals surface area contributed by atoms with Crippen molar-refractivity contribution in [3.63, 3.8) is 0 Å². The van der Waals surface area contributed by atoms with Crippen LogP contribution in [-0.4, -0.2) is 30.8 Å². The van der Waals surface area contributed by atoms with E-state index >= 15 is 0 Å². The highest BCUT2D eigenvalue weighted by Gasteiger charge is 2.43. The molecular formula is C13H18N2O. The number of rotatable bonds is 0. The molecule has 86 valence electrons. The molecule has 0 amide bonds. The molecule has 0 saturated carbocycles. The number of fused-ring (bicyclic) bond motifs is 1. The lowest BCUT2D eigenvalue weighted by Crippen LogP contribution is -2.51. The maximum atomic E-state index is 9.96. The Morgan fingerprint density at radius 2 is 2.06 bits per heavy atom. The third-order valence-corrected chi connectivity index (χ3v) is 4.20. The average molecular weight is 218 g/mol. The van der Waals surface area contributed by atoms with Gasteiger partial charge < -0.3 is 15.3 Å². The lowest BCUT2D eigenvalue weighted by Gasteiger charge is -2.41. The van der Waals surface area contributed by atoms with Gasteiger partial charge in [-0.05, 0) is 44.0 Å². The van der Waals surface area contributed by atoms with E-state index < -0.39 is 0 Å². The van der Waals surface area contributed by atoms with Gasteiger partial charge in [0.2, 0.25) is 0 Å². The first-order valence-corrected chi connectivity index (χ1v) is 5.98. The van der Waals surface area contributed by atoms with Gasteiger partial charge in [-0.15, -0.1) is 0 Å². The van der Waals surface area contributed by atoms with Crippen LogP contribution in [0, 0.1) is 0 Å². The molecule has 1 aromatic rings. The zero-order chi connectivity index (χ0) is 11.2. The summed E-state index contributed by atoms with van der Waals surface area (Å²) in [7, 11) is 2.12. The van der Waals surface area contributed by atoms with Gasteiger partial charge in [0.1, 0.15) is 5.75 Å². The summed E-state index contributed by atoms with van der Waals surface area (Å²) in [6, 6.07) is 5.87. The van der Waals surface area contributed by atoms with E-state index in [1.807, 2.05) is 6.07 Å². The van der Waals surface area contributed by atoms with Crippen LogP contribution in [0.5, 0.6) is 5.75 Å². The molecule has 0 unspecified atom stereocenters. The Balaban J connectivity index is 2.02. The maximum absolute atomic E-state index is 9.96. The first-order valence-electron chi connectivity index (χ1n) is 5.98. The van der Waals surface area contributed by atoms with E-state index in [1.165, 1.54) is 5.56 Å². The number of phenolic OH excluding ortho intramolecular Hbond substituents is 1. The molecule has 2 aliphatic rings. The summed E-state index contributed by atoms with van der Waals surface area (Å²) in [4.78, 5) is 2.30. The van der Waals surface area contributed by atoms with Crippen LogP contribution < -0.4 is 10.2 Å². The molecule has 3 heteroatoms. The van der Waals surface area contributed by atoms with Crippen molar-refractivity contribution in [2.45, 2.75) is 24.8 Å².